The summed E-state index contributed by atoms with van der Waals surface area (Å²) in [4.78, 5) is 3.90. The van der Waals surface area contributed by atoms with Gasteiger partial charge >= 0.3 is 0 Å². The number of nitrogens with one attached hydrogen (secondary N) is 2. The van der Waals surface area contributed by atoms with Crippen molar-refractivity contribution in [3.05, 3.63) is 0 Å². The molecular formula is C7H16N4O2S. The number of hydrogen-bond donors (Lipinski definition) is 3. The van der Waals surface area contributed by atoms with Crippen LogP contribution in [0.5, 0.6) is 0 Å². The second-order valence-electron chi connectivity index (χ2n) is 3.21. The standard InChI is InChI=1S/C7H16N4O2S/c1-9-14(12,13)5-4-10-7(8)11-6-2-3-6/h6,9H,2-5H2,1H3,(H3,8,10,11). The Morgan fingerprint density at radius 2 is 2.21 bits per heavy atom. The zero-order valence-corrected chi connectivity index (χ0v) is 8.97. The topological polar surface area (TPSA) is 96.6 Å². The van der Waals surface area contributed by atoms with Gasteiger partial charge in [-0.05, 0) is 19.9 Å². The molecule has 0 aromatic rings. The van der Waals surface area contributed by atoms with Gasteiger partial charge in [-0.15, -0.1) is 0 Å². The summed E-state index contributed by atoms with van der Waals surface area (Å²) in [5.41, 5.74) is 5.51. The van der Waals surface area contributed by atoms with Gasteiger partial charge in [-0.3, -0.25) is 4.99 Å². The molecule has 1 aliphatic rings. The number of nitrogens with zero attached hydrogens (tertiary/aromatic N) is 1. The maximum atomic E-state index is 11.0. The first-order valence-corrected chi connectivity index (χ1v) is 6.16. The Hall–Kier alpha value is -0.820. The summed E-state index contributed by atoms with van der Waals surface area (Å²) in [6.07, 6.45) is 2.23. The van der Waals surface area contributed by atoms with Crippen LogP contribution in [-0.4, -0.2) is 39.8 Å². The molecule has 0 unspecified atom stereocenters. The Morgan fingerprint density at radius 1 is 1.57 bits per heavy atom. The summed E-state index contributed by atoms with van der Waals surface area (Å²) in [7, 11) is -1.79. The maximum Gasteiger partial charge on any atom is 0.213 e. The average Bonchev–Trinajstić information content (AvgIpc) is 2.88. The molecule has 0 aromatic carbocycles. The molecule has 7 heteroatoms. The van der Waals surface area contributed by atoms with E-state index in [1.54, 1.807) is 0 Å². The Kier molecular flexibility index (Phi) is 3.70. The molecule has 0 saturated heterocycles. The molecule has 0 radical (unpaired) electrons. The van der Waals surface area contributed by atoms with E-state index in [9.17, 15) is 8.42 Å². The lowest BCUT2D eigenvalue weighted by molar-refractivity contribution is 0.588. The fraction of sp³-hybridized carbons (Fsp3) is 0.857. The first-order valence-electron chi connectivity index (χ1n) is 4.51. The van der Waals surface area contributed by atoms with Crippen LogP contribution in [0.1, 0.15) is 12.8 Å². The normalized spacial score (nSPS) is 18.2. The lowest BCUT2D eigenvalue weighted by atomic mass is 10.7. The van der Waals surface area contributed by atoms with Gasteiger partial charge in [0.2, 0.25) is 10.0 Å². The molecule has 1 aliphatic carbocycles. The van der Waals surface area contributed by atoms with Crippen LogP contribution in [0.3, 0.4) is 0 Å². The highest BCUT2D eigenvalue weighted by Gasteiger charge is 2.21. The largest absolute Gasteiger partial charge is 0.370 e. The van der Waals surface area contributed by atoms with E-state index in [0.29, 0.717) is 12.0 Å². The second kappa shape index (κ2) is 4.61. The van der Waals surface area contributed by atoms with Crippen LogP contribution in [0.25, 0.3) is 0 Å². The molecule has 1 fully saturated rings. The van der Waals surface area contributed by atoms with Crippen molar-refractivity contribution in [2.45, 2.75) is 18.9 Å². The molecule has 0 bridgehead atoms. The van der Waals surface area contributed by atoms with Crippen molar-refractivity contribution in [1.82, 2.24) is 10.0 Å². The number of guanidine groups is 1. The number of sulfonamides is 1. The molecule has 1 saturated carbocycles. The lowest BCUT2D eigenvalue weighted by Gasteiger charge is -2.03. The van der Waals surface area contributed by atoms with E-state index in [-0.39, 0.29) is 12.3 Å². The quantitative estimate of drug-likeness (QED) is 0.392. The van der Waals surface area contributed by atoms with Crippen LogP contribution in [0, 0.1) is 0 Å². The fourth-order valence-electron chi connectivity index (χ4n) is 0.871. The van der Waals surface area contributed by atoms with Crippen LogP contribution in [0.2, 0.25) is 0 Å². The molecule has 0 amide bonds. The van der Waals surface area contributed by atoms with Gasteiger partial charge in [-0.25, -0.2) is 13.1 Å². The molecule has 4 N–H and O–H groups in total. The molecule has 0 spiro atoms. The van der Waals surface area contributed by atoms with Crippen molar-refractivity contribution < 1.29 is 8.42 Å². The molecule has 1 rings (SSSR count). The van der Waals surface area contributed by atoms with E-state index in [4.69, 9.17) is 5.73 Å². The SMILES string of the molecule is CNS(=O)(=O)CCN=C(N)NC1CC1. The Morgan fingerprint density at radius 3 is 2.71 bits per heavy atom. The highest BCUT2D eigenvalue weighted by molar-refractivity contribution is 7.89. The minimum absolute atomic E-state index is 0.0312. The van der Waals surface area contributed by atoms with E-state index in [0.717, 1.165) is 12.8 Å². The number of nitrogens with two attached hydrogens (primary N) is 1. The third kappa shape index (κ3) is 4.43. The second-order valence-corrected chi connectivity index (χ2v) is 5.25. The highest BCUT2D eigenvalue weighted by Crippen LogP contribution is 2.17. The van der Waals surface area contributed by atoms with Crippen molar-refractivity contribution in [2.24, 2.45) is 10.7 Å². The van der Waals surface area contributed by atoms with Crippen molar-refractivity contribution >= 4 is 16.0 Å². The van der Waals surface area contributed by atoms with E-state index >= 15 is 0 Å². The monoisotopic (exact) mass is 220 g/mol. The van der Waals surface area contributed by atoms with Crippen LogP contribution in [0.15, 0.2) is 4.99 Å². The fourth-order valence-corrected chi connectivity index (χ4v) is 1.41. The Labute approximate surface area is 84.0 Å². The molecule has 14 heavy (non-hydrogen) atoms. The van der Waals surface area contributed by atoms with E-state index in [1.165, 1.54) is 7.05 Å². The van der Waals surface area contributed by atoms with Gasteiger partial charge in [-0.2, -0.15) is 0 Å². The van der Waals surface area contributed by atoms with Crippen LogP contribution in [-0.2, 0) is 10.0 Å². The van der Waals surface area contributed by atoms with Crippen LogP contribution in [0.4, 0.5) is 0 Å². The van der Waals surface area contributed by atoms with Gasteiger partial charge in [-0.1, -0.05) is 0 Å². The smallest absolute Gasteiger partial charge is 0.213 e. The van der Waals surface area contributed by atoms with E-state index < -0.39 is 10.0 Å². The summed E-state index contributed by atoms with van der Waals surface area (Å²) < 4.78 is 24.2. The van der Waals surface area contributed by atoms with Gasteiger partial charge < -0.3 is 11.1 Å². The van der Waals surface area contributed by atoms with Gasteiger partial charge in [0.25, 0.3) is 0 Å². The third-order valence-electron chi connectivity index (χ3n) is 1.88. The summed E-state index contributed by atoms with van der Waals surface area (Å²) in [5, 5.41) is 2.97. The third-order valence-corrected chi connectivity index (χ3v) is 3.22. The zero-order chi connectivity index (χ0) is 10.6. The van der Waals surface area contributed by atoms with Gasteiger partial charge in [0.15, 0.2) is 5.96 Å². The number of aliphatic imine (C=N–C) groups is 1. The molecule has 82 valence electrons. The molecule has 0 heterocycles. The molecule has 0 atom stereocenters. The van der Waals surface area contributed by atoms with Crippen LogP contribution >= 0.6 is 0 Å². The number of hydrogen-bond acceptors (Lipinski definition) is 3. The van der Waals surface area contributed by atoms with E-state index in [2.05, 4.69) is 15.0 Å². The minimum Gasteiger partial charge on any atom is -0.370 e. The first-order chi connectivity index (χ1) is 6.53. The van der Waals surface area contributed by atoms with E-state index in [1.807, 2.05) is 0 Å². The summed E-state index contributed by atoms with van der Waals surface area (Å²) >= 11 is 0. The Balaban J connectivity index is 2.24. The molecule has 0 aliphatic heterocycles. The molecular weight excluding hydrogens is 204 g/mol. The average molecular weight is 220 g/mol. The predicted octanol–water partition coefficient (Wildman–Crippen LogP) is -1.40. The van der Waals surface area contributed by atoms with Crippen molar-refractivity contribution in [2.75, 3.05) is 19.3 Å². The van der Waals surface area contributed by atoms with Crippen molar-refractivity contribution in [1.29, 1.82) is 0 Å². The molecule has 0 aromatic heterocycles. The van der Waals surface area contributed by atoms with Gasteiger partial charge in [0, 0.05) is 6.04 Å². The molecule has 6 nitrogen and oxygen atoms in total. The summed E-state index contributed by atoms with van der Waals surface area (Å²) in [6.45, 7) is 0.189. The van der Waals surface area contributed by atoms with Gasteiger partial charge in [0.1, 0.15) is 0 Å². The van der Waals surface area contributed by atoms with Crippen molar-refractivity contribution in [3.63, 3.8) is 0 Å². The number of rotatable bonds is 5. The van der Waals surface area contributed by atoms with Crippen molar-refractivity contribution in [3.8, 4) is 0 Å². The Bertz CT molecular complexity index is 308. The summed E-state index contributed by atoms with van der Waals surface area (Å²) in [5.74, 6) is 0.301. The minimum atomic E-state index is -3.17. The van der Waals surface area contributed by atoms with Gasteiger partial charge in [0.05, 0.1) is 12.3 Å². The maximum absolute atomic E-state index is 11.0. The highest BCUT2D eigenvalue weighted by atomic mass is 32.2. The summed E-state index contributed by atoms with van der Waals surface area (Å²) in [6, 6.07) is 0.444. The predicted molar refractivity (Wildman–Crippen MR) is 55.5 cm³/mol. The van der Waals surface area contributed by atoms with Crippen LogP contribution < -0.4 is 15.8 Å². The zero-order valence-electron chi connectivity index (χ0n) is 8.16. The first kappa shape index (κ1) is 11.3. The lowest BCUT2D eigenvalue weighted by Crippen LogP contribution is -2.34.